The van der Waals surface area contributed by atoms with Crippen LogP contribution in [0.15, 0.2) is 33.4 Å². The fourth-order valence-corrected chi connectivity index (χ4v) is 3.62. The molecule has 4 heterocycles. The van der Waals surface area contributed by atoms with Crippen LogP contribution in [0.4, 0.5) is 0 Å². The van der Waals surface area contributed by atoms with Crippen LogP contribution in [0.3, 0.4) is 0 Å². The van der Waals surface area contributed by atoms with Gasteiger partial charge in [0.1, 0.15) is 5.69 Å². The smallest absolute Gasteiger partial charge is 0.259 e. The molecule has 1 aliphatic rings. The van der Waals surface area contributed by atoms with E-state index in [4.69, 9.17) is 8.94 Å². The quantitative estimate of drug-likeness (QED) is 0.662. The van der Waals surface area contributed by atoms with Crippen LogP contribution >= 0.6 is 0 Å². The minimum absolute atomic E-state index is 0.0238. The number of piperazine rings is 1. The Morgan fingerprint density at radius 2 is 2.03 bits per heavy atom. The van der Waals surface area contributed by atoms with E-state index in [1.807, 2.05) is 6.92 Å². The standard InChI is InChI=1S/C21H25N5O4/c1-3-6-22-18(27)13-25-7-9-26(10-8-25)21(28)15-12-16(17-5-4-11-29-17)23-20-19(15)14(2)24-30-20/h4-5,11-12H,3,6-10,13H2,1-2H3,(H,22,27). The van der Waals surface area contributed by atoms with E-state index >= 15 is 0 Å². The second-order valence-electron chi connectivity index (χ2n) is 7.40. The van der Waals surface area contributed by atoms with Gasteiger partial charge in [-0.1, -0.05) is 12.1 Å². The van der Waals surface area contributed by atoms with Crippen molar-refractivity contribution in [1.82, 2.24) is 25.3 Å². The van der Waals surface area contributed by atoms with Crippen LogP contribution in [0.5, 0.6) is 0 Å². The number of aryl methyl sites for hydroxylation is 1. The van der Waals surface area contributed by atoms with Gasteiger partial charge in [-0.3, -0.25) is 14.5 Å². The van der Waals surface area contributed by atoms with Gasteiger partial charge in [0.25, 0.3) is 11.6 Å². The molecule has 30 heavy (non-hydrogen) atoms. The molecule has 0 atom stereocenters. The van der Waals surface area contributed by atoms with Crippen molar-refractivity contribution in [2.24, 2.45) is 0 Å². The lowest BCUT2D eigenvalue weighted by molar-refractivity contribution is -0.122. The van der Waals surface area contributed by atoms with Crippen LogP contribution in [0.25, 0.3) is 22.6 Å². The number of rotatable bonds is 6. The number of carbonyl (C=O) groups is 2. The summed E-state index contributed by atoms with van der Waals surface area (Å²) in [6.45, 7) is 7.24. The van der Waals surface area contributed by atoms with E-state index in [2.05, 4.69) is 20.4 Å². The van der Waals surface area contributed by atoms with E-state index in [-0.39, 0.29) is 11.8 Å². The molecule has 158 valence electrons. The number of nitrogens with zero attached hydrogens (tertiary/aromatic N) is 4. The fourth-order valence-electron chi connectivity index (χ4n) is 3.62. The maximum Gasteiger partial charge on any atom is 0.259 e. The third-order valence-electron chi connectivity index (χ3n) is 5.22. The number of aromatic nitrogens is 2. The van der Waals surface area contributed by atoms with Gasteiger partial charge in [-0.05, 0) is 31.5 Å². The van der Waals surface area contributed by atoms with Crippen molar-refractivity contribution >= 4 is 22.9 Å². The summed E-state index contributed by atoms with van der Waals surface area (Å²) in [5.41, 5.74) is 1.96. The average Bonchev–Trinajstić information content (AvgIpc) is 3.42. The van der Waals surface area contributed by atoms with E-state index in [1.165, 1.54) is 0 Å². The minimum atomic E-state index is -0.100. The Labute approximate surface area is 174 Å². The maximum atomic E-state index is 13.4. The van der Waals surface area contributed by atoms with Gasteiger partial charge >= 0.3 is 0 Å². The Hall–Kier alpha value is -3.20. The predicted molar refractivity (Wildman–Crippen MR) is 110 cm³/mol. The molecule has 0 unspecified atom stereocenters. The summed E-state index contributed by atoms with van der Waals surface area (Å²) in [6, 6.07) is 5.29. The predicted octanol–water partition coefficient (Wildman–Crippen LogP) is 2.08. The summed E-state index contributed by atoms with van der Waals surface area (Å²) in [6.07, 6.45) is 2.47. The zero-order valence-electron chi connectivity index (χ0n) is 17.2. The topological polar surface area (TPSA) is 105 Å². The van der Waals surface area contributed by atoms with Gasteiger partial charge in [-0.15, -0.1) is 0 Å². The lowest BCUT2D eigenvalue weighted by atomic mass is 10.1. The van der Waals surface area contributed by atoms with Crippen molar-refractivity contribution in [3.05, 3.63) is 35.7 Å². The lowest BCUT2D eigenvalue weighted by Crippen LogP contribution is -2.51. The van der Waals surface area contributed by atoms with Gasteiger partial charge in [0.05, 0.1) is 29.5 Å². The number of furan rings is 1. The van der Waals surface area contributed by atoms with Crippen LogP contribution in [-0.4, -0.2) is 71.0 Å². The van der Waals surface area contributed by atoms with Crippen molar-refractivity contribution in [3.8, 4) is 11.5 Å². The van der Waals surface area contributed by atoms with E-state index < -0.39 is 0 Å². The molecule has 1 fully saturated rings. The molecule has 1 aliphatic heterocycles. The normalized spacial score (nSPS) is 14.9. The molecular formula is C21H25N5O4. The molecular weight excluding hydrogens is 386 g/mol. The molecule has 0 saturated carbocycles. The second-order valence-corrected chi connectivity index (χ2v) is 7.40. The molecule has 9 nitrogen and oxygen atoms in total. The summed E-state index contributed by atoms with van der Waals surface area (Å²) in [4.78, 5) is 33.6. The van der Waals surface area contributed by atoms with Crippen LogP contribution in [-0.2, 0) is 4.79 Å². The number of hydrogen-bond acceptors (Lipinski definition) is 7. The highest BCUT2D eigenvalue weighted by Gasteiger charge is 2.27. The van der Waals surface area contributed by atoms with Gasteiger partial charge in [0.2, 0.25) is 5.91 Å². The monoisotopic (exact) mass is 411 g/mol. The zero-order valence-corrected chi connectivity index (χ0v) is 17.2. The highest BCUT2D eigenvalue weighted by Crippen LogP contribution is 2.28. The molecule has 3 aromatic heterocycles. The molecule has 9 heteroatoms. The number of hydrogen-bond donors (Lipinski definition) is 1. The van der Waals surface area contributed by atoms with Gasteiger partial charge in [-0.2, -0.15) is 0 Å². The Morgan fingerprint density at radius 3 is 2.73 bits per heavy atom. The number of carbonyl (C=O) groups excluding carboxylic acids is 2. The molecule has 3 aromatic rings. The van der Waals surface area contributed by atoms with E-state index in [0.717, 1.165) is 6.42 Å². The molecule has 4 rings (SSSR count). The summed E-state index contributed by atoms with van der Waals surface area (Å²) in [5, 5.41) is 7.49. The lowest BCUT2D eigenvalue weighted by Gasteiger charge is -2.34. The summed E-state index contributed by atoms with van der Waals surface area (Å²) in [7, 11) is 0. The van der Waals surface area contributed by atoms with Crippen LogP contribution < -0.4 is 5.32 Å². The number of fused-ring (bicyclic) bond motifs is 1. The van der Waals surface area contributed by atoms with Gasteiger partial charge < -0.3 is 19.2 Å². The average molecular weight is 411 g/mol. The number of nitrogens with one attached hydrogen (secondary N) is 1. The first kappa shape index (κ1) is 20.1. The molecule has 0 aromatic carbocycles. The Bertz CT molecular complexity index is 1040. The Kier molecular flexibility index (Phi) is 5.80. The van der Waals surface area contributed by atoms with Crippen molar-refractivity contribution in [2.45, 2.75) is 20.3 Å². The molecule has 0 bridgehead atoms. The van der Waals surface area contributed by atoms with Crippen LogP contribution in [0, 0.1) is 6.92 Å². The van der Waals surface area contributed by atoms with Crippen molar-refractivity contribution in [2.75, 3.05) is 39.3 Å². The zero-order chi connectivity index (χ0) is 21.1. The van der Waals surface area contributed by atoms with Crippen LogP contribution in [0.2, 0.25) is 0 Å². The number of amides is 2. The van der Waals surface area contributed by atoms with Gasteiger partial charge in [0, 0.05) is 32.7 Å². The molecule has 0 radical (unpaired) electrons. The second kappa shape index (κ2) is 8.66. The van der Waals surface area contributed by atoms with E-state index in [1.54, 1.807) is 36.3 Å². The molecule has 2 amide bonds. The maximum absolute atomic E-state index is 13.4. The third kappa shape index (κ3) is 4.06. The first-order chi connectivity index (χ1) is 14.6. The summed E-state index contributed by atoms with van der Waals surface area (Å²) in [5.74, 6) is 0.482. The van der Waals surface area contributed by atoms with Crippen molar-refractivity contribution in [3.63, 3.8) is 0 Å². The molecule has 1 N–H and O–H groups in total. The first-order valence-electron chi connectivity index (χ1n) is 10.2. The van der Waals surface area contributed by atoms with E-state index in [9.17, 15) is 9.59 Å². The molecule has 0 aliphatic carbocycles. The van der Waals surface area contributed by atoms with Gasteiger partial charge in [0.15, 0.2) is 5.76 Å². The SMILES string of the molecule is CCCNC(=O)CN1CCN(C(=O)c2cc(-c3ccco3)nc3onc(C)c23)CC1. The minimum Gasteiger partial charge on any atom is -0.463 e. The Morgan fingerprint density at radius 1 is 1.23 bits per heavy atom. The van der Waals surface area contributed by atoms with Gasteiger partial charge in [-0.25, -0.2) is 4.98 Å². The number of pyridine rings is 1. The van der Waals surface area contributed by atoms with Crippen LogP contribution in [0.1, 0.15) is 29.4 Å². The van der Waals surface area contributed by atoms with Crippen molar-refractivity contribution in [1.29, 1.82) is 0 Å². The summed E-state index contributed by atoms with van der Waals surface area (Å²) < 4.78 is 10.8. The summed E-state index contributed by atoms with van der Waals surface area (Å²) >= 11 is 0. The van der Waals surface area contributed by atoms with Crippen molar-refractivity contribution < 1.29 is 18.5 Å². The highest BCUT2D eigenvalue weighted by atomic mass is 16.5. The molecule has 0 spiro atoms. The fraction of sp³-hybridized carbons (Fsp3) is 0.429. The first-order valence-corrected chi connectivity index (χ1v) is 10.2. The largest absolute Gasteiger partial charge is 0.463 e. The molecule has 1 saturated heterocycles. The Balaban J connectivity index is 1.51. The third-order valence-corrected chi connectivity index (χ3v) is 5.22. The van der Waals surface area contributed by atoms with E-state index in [0.29, 0.717) is 73.1 Å². The highest BCUT2D eigenvalue weighted by molar-refractivity contribution is 6.06.